The predicted molar refractivity (Wildman–Crippen MR) is 92.2 cm³/mol. The minimum absolute atomic E-state index is 0.0761. The van der Waals surface area contributed by atoms with Crippen molar-refractivity contribution in [2.24, 2.45) is 5.92 Å². The third kappa shape index (κ3) is 3.39. The van der Waals surface area contributed by atoms with Crippen LogP contribution in [0.15, 0.2) is 12.1 Å². The Morgan fingerprint density at radius 3 is 2.83 bits per heavy atom. The fraction of sp³-hybridized carbons (Fsp3) is 0.588. The molecule has 2 aromatic heterocycles. The van der Waals surface area contributed by atoms with Gasteiger partial charge >= 0.3 is 0 Å². The molecule has 4 rings (SSSR count). The van der Waals surface area contributed by atoms with Crippen LogP contribution in [0.5, 0.6) is 0 Å². The van der Waals surface area contributed by atoms with E-state index >= 15 is 0 Å². The van der Waals surface area contributed by atoms with Crippen molar-refractivity contribution in [2.45, 2.75) is 44.6 Å². The Bertz CT molecular complexity index is 752. The second kappa shape index (κ2) is 6.69. The van der Waals surface area contributed by atoms with Crippen molar-refractivity contribution < 1.29 is 9.53 Å². The molecule has 0 saturated heterocycles. The van der Waals surface area contributed by atoms with E-state index in [1.165, 1.54) is 19.3 Å². The Labute approximate surface area is 145 Å². The number of anilines is 1. The highest BCUT2D eigenvalue weighted by Gasteiger charge is 2.26. The van der Waals surface area contributed by atoms with Gasteiger partial charge in [-0.1, -0.05) is 11.6 Å². The van der Waals surface area contributed by atoms with E-state index in [0.717, 1.165) is 30.6 Å². The lowest BCUT2D eigenvalue weighted by atomic mass is 9.93. The average molecular weight is 349 g/mol. The van der Waals surface area contributed by atoms with Gasteiger partial charge in [0.15, 0.2) is 5.65 Å². The lowest BCUT2D eigenvalue weighted by molar-refractivity contribution is -0.117. The van der Waals surface area contributed by atoms with Crippen molar-refractivity contribution in [2.75, 3.05) is 18.5 Å². The first-order valence-corrected chi connectivity index (χ1v) is 9.00. The Balaban J connectivity index is 1.46. The predicted octanol–water partition coefficient (Wildman–Crippen LogP) is 3.56. The maximum Gasteiger partial charge on any atom is 0.229 e. The number of hydrogen-bond donors (Lipinski definition) is 1. The Hall–Kier alpha value is -1.66. The van der Waals surface area contributed by atoms with Crippen molar-refractivity contribution in [3.8, 4) is 0 Å². The summed E-state index contributed by atoms with van der Waals surface area (Å²) in [6.45, 7) is 1.23. The zero-order valence-corrected chi connectivity index (χ0v) is 14.3. The van der Waals surface area contributed by atoms with E-state index in [9.17, 15) is 4.79 Å². The summed E-state index contributed by atoms with van der Waals surface area (Å²) < 4.78 is 7.55. The largest absolute Gasteiger partial charge is 0.381 e. The quantitative estimate of drug-likeness (QED) is 0.613. The van der Waals surface area contributed by atoms with E-state index in [1.54, 1.807) is 6.07 Å². The number of halogens is 1. The second-order valence-corrected chi connectivity index (χ2v) is 7.07. The summed E-state index contributed by atoms with van der Waals surface area (Å²) in [6.07, 6.45) is 6.20. The number of hydrogen-bond acceptors (Lipinski definition) is 4. The molecular weight excluding hydrogens is 328 g/mol. The summed E-state index contributed by atoms with van der Waals surface area (Å²) in [5.41, 5.74) is 1.50. The van der Waals surface area contributed by atoms with E-state index in [-0.39, 0.29) is 5.91 Å². The first-order chi connectivity index (χ1) is 11.7. The van der Waals surface area contributed by atoms with E-state index in [1.807, 2.05) is 10.6 Å². The molecule has 128 valence electrons. The molecule has 2 aromatic rings. The molecule has 0 radical (unpaired) electrons. The van der Waals surface area contributed by atoms with Crippen LogP contribution in [-0.2, 0) is 9.53 Å². The minimum atomic E-state index is -0.0761. The molecule has 2 aliphatic rings. The second-order valence-electron chi connectivity index (χ2n) is 6.68. The van der Waals surface area contributed by atoms with Crippen molar-refractivity contribution in [3.63, 3.8) is 0 Å². The standard InChI is InChI=1S/C17H21ClN4O2/c18-14-7-6-13-16(20-14)22(12-2-1-3-12)17(19-13)21-15(23)8-9-24-10-11-4-5-11/h6-7,11-12H,1-5,8-10H2,(H,19,21,23). The van der Waals surface area contributed by atoms with Gasteiger partial charge < -0.3 is 4.74 Å². The molecule has 0 atom stereocenters. The SMILES string of the molecule is O=C(CCOCC1CC1)Nc1nc2ccc(Cl)nc2n1C1CCC1. The van der Waals surface area contributed by atoms with Gasteiger partial charge in [0.2, 0.25) is 11.9 Å². The van der Waals surface area contributed by atoms with Gasteiger partial charge in [-0.25, -0.2) is 9.97 Å². The molecule has 2 aliphatic carbocycles. The van der Waals surface area contributed by atoms with Gasteiger partial charge in [-0.05, 0) is 50.2 Å². The molecule has 24 heavy (non-hydrogen) atoms. The fourth-order valence-electron chi connectivity index (χ4n) is 2.92. The third-order valence-corrected chi connectivity index (χ3v) is 4.93. The van der Waals surface area contributed by atoms with E-state index in [2.05, 4.69) is 15.3 Å². The lowest BCUT2D eigenvalue weighted by Crippen LogP contribution is -2.23. The first kappa shape index (κ1) is 15.8. The van der Waals surface area contributed by atoms with Gasteiger partial charge in [0.1, 0.15) is 10.7 Å². The number of aromatic nitrogens is 3. The minimum Gasteiger partial charge on any atom is -0.381 e. The summed E-state index contributed by atoms with van der Waals surface area (Å²) in [6, 6.07) is 3.90. The lowest BCUT2D eigenvalue weighted by Gasteiger charge is -2.28. The maximum absolute atomic E-state index is 12.2. The molecule has 1 amide bonds. The van der Waals surface area contributed by atoms with Crippen molar-refractivity contribution >= 4 is 34.6 Å². The van der Waals surface area contributed by atoms with Crippen LogP contribution in [0.1, 0.15) is 44.6 Å². The van der Waals surface area contributed by atoms with Gasteiger partial charge in [0.05, 0.1) is 13.0 Å². The number of fused-ring (bicyclic) bond motifs is 1. The Kier molecular flexibility index (Phi) is 4.41. The molecule has 0 aromatic carbocycles. The van der Waals surface area contributed by atoms with Gasteiger partial charge in [-0.2, -0.15) is 0 Å². The molecular formula is C17H21ClN4O2. The number of ether oxygens (including phenoxy) is 1. The van der Waals surface area contributed by atoms with Crippen LogP contribution in [0.4, 0.5) is 5.95 Å². The van der Waals surface area contributed by atoms with Gasteiger partial charge in [0.25, 0.3) is 0 Å². The molecule has 0 spiro atoms. The van der Waals surface area contributed by atoms with Gasteiger partial charge in [-0.3, -0.25) is 14.7 Å². The molecule has 6 nitrogen and oxygen atoms in total. The molecule has 0 bridgehead atoms. The van der Waals surface area contributed by atoms with Crippen LogP contribution in [-0.4, -0.2) is 33.7 Å². The fourth-order valence-corrected chi connectivity index (χ4v) is 3.06. The van der Waals surface area contributed by atoms with Crippen LogP contribution in [0.25, 0.3) is 11.2 Å². The van der Waals surface area contributed by atoms with E-state index in [0.29, 0.717) is 36.1 Å². The molecule has 0 unspecified atom stereocenters. The number of imidazole rings is 1. The average Bonchev–Trinajstić information content (AvgIpc) is 3.27. The van der Waals surface area contributed by atoms with Crippen LogP contribution in [0.3, 0.4) is 0 Å². The first-order valence-electron chi connectivity index (χ1n) is 8.63. The highest BCUT2D eigenvalue weighted by atomic mass is 35.5. The van der Waals surface area contributed by atoms with Gasteiger partial charge in [-0.15, -0.1) is 0 Å². The number of nitrogens with zero attached hydrogens (tertiary/aromatic N) is 3. The normalized spacial score (nSPS) is 17.9. The summed E-state index contributed by atoms with van der Waals surface area (Å²) >= 11 is 6.03. The van der Waals surface area contributed by atoms with Crippen LogP contribution < -0.4 is 5.32 Å². The smallest absolute Gasteiger partial charge is 0.229 e. The molecule has 1 N–H and O–H groups in total. The van der Waals surface area contributed by atoms with Crippen LogP contribution in [0, 0.1) is 5.92 Å². The summed E-state index contributed by atoms with van der Waals surface area (Å²) in [5.74, 6) is 1.20. The Morgan fingerprint density at radius 1 is 1.29 bits per heavy atom. The number of nitrogens with one attached hydrogen (secondary N) is 1. The molecule has 2 saturated carbocycles. The number of carbonyl (C=O) groups excluding carboxylic acids is 1. The highest BCUT2D eigenvalue weighted by Crippen LogP contribution is 2.37. The van der Waals surface area contributed by atoms with Crippen LogP contribution in [0.2, 0.25) is 5.15 Å². The summed E-state index contributed by atoms with van der Waals surface area (Å²) in [5, 5.41) is 3.36. The number of rotatable bonds is 7. The zero-order valence-electron chi connectivity index (χ0n) is 13.5. The van der Waals surface area contributed by atoms with Crippen molar-refractivity contribution in [1.29, 1.82) is 0 Å². The zero-order chi connectivity index (χ0) is 16.5. The van der Waals surface area contributed by atoms with Crippen LogP contribution >= 0.6 is 11.6 Å². The summed E-state index contributed by atoms with van der Waals surface area (Å²) in [4.78, 5) is 21.1. The number of pyridine rings is 1. The third-order valence-electron chi connectivity index (χ3n) is 4.72. The van der Waals surface area contributed by atoms with E-state index < -0.39 is 0 Å². The van der Waals surface area contributed by atoms with Crippen molar-refractivity contribution in [1.82, 2.24) is 14.5 Å². The van der Waals surface area contributed by atoms with Crippen molar-refractivity contribution in [3.05, 3.63) is 17.3 Å². The molecule has 0 aliphatic heterocycles. The van der Waals surface area contributed by atoms with E-state index in [4.69, 9.17) is 16.3 Å². The monoisotopic (exact) mass is 348 g/mol. The molecule has 2 fully saturated rings. The summed E-state index contributed by atoms with van der Waals surface area (Å²) in [7, 11) is 0. The number of amides is 1. The maximum atomic E-state index is 12.2. The molecule has 2 heterocycles. The highest BCUT2D eigenvalue weighted by molar-refractivity contribution is 6.29. The molecule has 7 heteroatoms. The Morgan fingerprint density at radius 2 is 2.12 bits per heavy atom. The topological polar surface area (TPSA) is 69.0 Å². The number of carbonyl (C=O) groups is 1. The van der Waals surface area contributed by atoms with Gasteiger partial charge in [0, 0.05) is 12.6 Å².